The van der Waals surface area contributed by atoms with Crippen molar-refractivity contribution in [1.82, 2.24) is 4.90 Å². The quantitative estimate of drug-likeness (QED) is 0.760. The predicted molar refractivity (Wildman–Crippen MR) is 72.9 cm³/mol. The van der Waals surface area contributed by atoms with Gasteiger partial charge < -0.3 is 15.1 Å². The maximum atomic E-state index is 11.7. The largest absolute Gasteiger partial charge is 0.480 e. The van der Waals surface area contributed by atoms with Crippen LogP contribution in [0.25, 0.3) is 6.08 Å². The fourth-order valence-corrected chi connectivity index (χ4v) is 2.54. The third-order valence-corrected chi connectivity index (χ3v) is 3.54. The standard InChI is InChI=1S/C11H10BrNO5S/c12-8-3-1-7(19-8)2-4-9(14)13(5-10(15)16)6-11(17)18/h1-4H,5-6H2,(H,15,16)(H,17,18). The minimum Gasteiger partial charge on any atom is -0.480 e. The molecule has 0 saturated carbocycles. The number of carbonyl (C=O) groups is 3. The predicted octanol–water partition coefficient (Wildman–Crippen LogP) is 1.52. The first-order valence-electron chi connectivity index (χ1n) is 5.04. The first-order chi connectivity index (χ1) is 8.88. The van der Waals surface area contributed by atoms with E-state index in [2.05, 4.69) is 15.9 Å². The molecule has 0 atom stereocenters. The summed E-state index contributed by atoms with van der Waals surface area (Å²) in [6.07, 6.45) is 2.67. The number of nitrogens with zero attached hydrogens (tertiary/aromatic N) is 1. The second-order valence-electron chi connectivity index (χ2n) is 3.46. The lowest BCUT2D eigenvalue weighted by Crippen LogP contribution is -2.38. The molecule has 1 amide bonds. The van der Waals surface area contributed by atoms with Crippen molar-refractivity contribution in [3.05, 3.63) is 26.9 Å². The van der Waals surface area contributed by atoms with Gasteiger partial charge in [-0.05, 0) is 34.1 Å². The van der Waals surface area contributed by atoms with Crippen LogP contribution in [0.4, 0.5) is 0 Å². The van der Waals surface area contributed by atoms with Crippen LogP contribution < -0.4 is 0 Å². The highest BCUT2D eigenvalue weighted by atomic mass is 79.9. The molecule has 0 unspecified atom stereocenters. The molecule has 0 aliphatic carbocycles. The lowest BCUT2D eigenvalue weighted by Gasteiger charge is -2.15. The molecule has 0 aliphatic heterocycles. The van der Waals surface area contributed by atoms with Gasteiger partial charge in [-0.25, -0.2) is 0 Å². The monoisotopic (exact) mass is 347 g/mol. The van der Waals surface area contributed by atoms with E-state index in [9.17, 15) is 14.4 Å². The van der Waals surface area contributed by atoms with Crippen LogP contribution in [0, 0.1) is 0 Å². The molecular weight excluding hydrogens is 338 g/mol. The molecule has 0 aromatic carbocycles. The summed E-state index contributed by atoms with van der Waals surface area (Å²) in [5.74, 6) is -3.18. The summed E-state index contributed by atoms with van der Waals surface area (Å²) in [6.45, 7) is -1.30. The first kappa shape index (κ1) is 15.4. The Kier molecular flexibility index (Phi) is 5.71. The van der Waals surface area contributed by atoms with Crippen LogP contribution in [-0.4, -0.2) is 46.0 Å². The Balaban J connectivity index is 2.73. The van der Waals surface area contributed by atoms with E-state index < -0.39 is 30.9 Å². The molecule has 0 fully saturated rings. The van der Waals surface area contributed by atoms with Gasteiger partial charge in [0.15, 0.2) is 0 Å². The summed E-state index contributed by atoms with van der Waals surface area (Å²) in [5, 5.41) is 17.2. The third-order valence-electron chi connectivity index (χ3n) is 1.95. The SMILES string of the molecule is O=C(O)CN(CC(=O)O)C(=O)C=Cc1ccc(Br)s1. The molecular formula is C11H10BrNO5S. The molecule has 1 aromatic heterocycles. The number of hydrogen-bond acceptors (Lipinski definition) is 4. The topological polar surface area (TPSA) is 94.9 Å². The molecule has 0 saturated heterocycles. The smallest absolute Gasteiger partial charge is 0.323 e. The summed E-state index contributed by atoms with van der Waals surface area (Å²) in [4.78, 5) is 34.4. The number of rotatable bonds is 6. The Morgan fingerprint density at radius 2 is 1.79 bits per heavy atom. The van der Waals surface area contributed by atoms with Crippen molar-refractivity contribution in [2.45, 2.75) is 0 Å². The zero-order valence-electron chi connectivity index (χ0n) is 9.58. The van der Waals surface area contributed by atoms with E-state index in [0.29, 0.717) is 0 Å². The van der Waals surface area contributed by atoms with E-state index in [0.717, 1.165) is 19.6 Å². The molecule has 0 spiro atoms. The van der Waals surface area contributed by atoms with Crippen molar-refractivity contribution >= 4 is 51.2 Å². The number of hydrogen-bond donors (Lipinski definition) is 2. The van der Waals surface area contributed by atoms with Crippen molar-refractivity contribution in [3.8, 4) is 0 Å². The fraction of sp³-hybridized carbons (Fsp3) is 0.182. The molecule has 1 rings (SSSR count). The van der Waals surface area contributed by atoms with Crippen molar-refractivity contribution in [3.63, 3.8) is 0 Å². The fourth-order valence-electron chi connectivity index (χ4n) is 1.21. The van der Waals surface area contributed by atoms with Crippen LogP contribution >= 0.6 is 27.3 Å². The molecule has 8 heteroatoms. The molecule has 19 heavy (non-hydrogen) atoms. The van der Waals surface area contributed by atoms with Crippen LogP contribution in [0.3, 0.4) is 0 Å². The molecule has 102 valence electrons. The highest BCUT2D eigenvalue weighted by Gasteiger charge is 2.17. The molecule has 1 heterocycles. The number of carboxylic acids is 2. The van der Waals surface area contributed by atoms with Crippen molar-refractivity contribution in [2.24, 2.45) is 0 Å². The van der Waals surface area contributed by atoms with Gasteiger partial charge in [-0.3, -0.25) is 14.4 Å². The van der Waals surface area contributed by atoms with Gasteiger partial charge in [0.2, 0.25) is 5.91 Å². The van der Waals surface area contributed by atoms with Crippen LogP contribution in [0.15, 0.2) is 22.0 Å². The minimum atomic E-state index is -1.26. The lowest BCUT2D eigenvalue weighted by atomic mass is 10.3. The maximum absolute atomic E-state index is 11.7. The van der Waals surface area contributed by atoms with E-state index in [4.69, 9.17) is 10.2 Å². The van der Waals surface area contributed by atoms with Crippen LogP contribution in [0.1, 0.15) is 4.88 Å². The Labute approximate surface area is 121 Å². The highest BCUT2D eigenvalue weighted by Crippen LogP contribution is 2.22. The third kappa shape index (κ3) is 5.66. The van der Waals surface area contributed by atoms with Crippen molar-refractivity contribution in [1.29, 1.82) is 0 Å². The summed E-state index contributed by atoms with van der Waals surface area (Å²) >= 11 is 4.66. The Morgan fingerprint density at radius 3 is 2.21 bits per heavy atom. The van der Waals surface area contributed by atoms with Crippen molar-refractivity contribution < 1.29 is 24.6 Å². The first-order valence-corrected chi connectivity index (χ1v) is 6.65. The summed E-state index contributed by atoms with van der Waals surface area (Å²) in [5.41, 5.74) is 0. The van der Waals surface area contributed by atoms with Gasteiger partial charge in [-0.15, -0.1) is 11.3 Å². The Morgan fingerprint density at radius 1 is 1.21 bits per heavy atom. The van der Waals surface area contributed by atoms with Gasteiger partial charge in [-0.1, -0.05) is 0 Å². The van der Waals surface area contributed by atoms with E-state index in [1.54, 1.807) is 12.1 Å². The van der Waals surface area contributed by atoms with Gasteiger partial charge in [-0.2, -0.15) is 0 Å². The Bertz CT molecular complexity index is 509. The number of thiophene rings is 1. The number of halogens is 1. The normalized spacial score (nSPS) is 10.6. The minimum absolute atomic E-state index is 0.649. The van der Waals surface area contributed by atoms with Gasteiger partial charge in [0.25, 0.3) is 0 Å². The van der Waals surface area contributed by atoms with Gasteiger partial charge in [0, 0.05) is 11.0 Å². The summed E-state index contributed by atoms with van der Waals surface area (Å²) in [6, 6.07) is 3.58. The lowest BCUT2D eigenvalue weighted by molar-refractivity contribution is -0.147. The zero-order chi connectivity index (χ0) is 14.4. The molecule has 2 N–H and O–H groups in total. The van der Waals surface area contributed by atoms with Gasteiger partial charge in [0.1, 0.15) is 13.1 Å². The van der Waals surface area contributed by atoms with Crippen LogP contribution in [0.5, 0.6) is 0 Å². The van der Waals surface area contributed by atoms with Gasteiger partial charge in [0.05, 0.1) is 3.79 Å². The summed E-state index contributed by atoms with van der Waals surface area (Å²) < 4.78 is 0.896. The second-order valence-corrected chi connectivity index (χ2v) is 5.95. The number of aliphatic carboxylic acids is 2. The number of amides is 1. The van der Waals surface area contributed by atoms with E-state index in [1.165, 1.54) is 17.4 Å². The van der Waals surface area contributed by atoms with E-state index in [1.807, 2.05) is 0 Å². The van der Waals surface area contributed by atoms with Crippen LogP contribution in [0.2, 0.25) is 0 Å². The average Bonchev–Trinajstić information content (AvgIpc) is 2.70. The van der Waals surface area contributed by atoms with Gasteiger partial charge >= 0.3 is 11.9 Å². The number of carboxylic acid groups (broad SMARTS) is 2. The molecule has 0 aliphatic rings. The van der Waals surface area contributed by atoms with Crippen LogP contribution in [-0.2, 0) is 14.4 Å². The molecule has 0 bridgehead atoms. The molecule has 1 aromatic rings. The zero-order valence-corrected chi connectivity index (χ0v) is 12.0. The molecule has 6 nitrogen and oxygen atoms in total. The number of carbonyl (C=O) groups excluding carboxylic acids is 1. The highest BCUT2D eigenvalue weighted by molar-refractivity contribution is 9.11. The average molecular weight is 348 g/mol. The van der Waals surface area contributed by atoms with E-state index in [-0.39, 0.29) is 0 Å². The Hall–Kier alpha value is -1.67. The second kappa shape index (κ2) is 7.05. The molecule has 0 radical (unpaired) electrons. The van der Waals surface area contributed by atoms with Crippen molar-refractivity contribution in [2.75, 3.05) is 13.1 Å². The summed E-state index contributed by atoms with van der Waals surface area (Å²) in [7, 11) is 0. The maximum Gasteiger partial charge on any atom is 0.323 e. The van der Waals surface area contributed by atoms with E-state index >= 15 is 0 Å².